The first kappa shape index (κ1) is 22.2. The SMILES string of the molecule is COc1cc(C(=O)NCC(=O)NCc2ccc(N3CCCC3)nc2)cc(OC)c1OC. The monoisotopic (exact) mass is 428 g/mol. The zero-order valence-electron chi connectivity index (χ0n) is 18.1. The molecule has 1 aromatic heterocycles. The number of carbonyl (C=O) groups is 2. The Morgan fingerprint density at radius 1 is 1.00 bits per heavy atom. The molecule has 1 aliphatic heterocycles. The number of rotatable bonds is 9. The first-order chi connectivity index (χ1) is 15.0. The highest BCUT2D eigenvalue weighted by Crippen LogP contribution is 2.38. The zero-order chi connectivity index (χ0) is 22.2. The lowest BCUT2D eigenvalue weighted by atomic mass is 10.1. The summed E-state index contributed by atoms with van der Waals surface area (Å²) in [7, 11) is 4.43. The van der Waals surface area contributed by atoms with Gasteiger partial charge in [-0.25, -0.2) is 4.98 Å². The third kappa shape index (κ3) is 5.56. The number of pyridine rings is 1. The summed E-state index contributed by atoms with van der Waals surface area (Å²) in [5.74, 6) is 1.35. The molecule has 0 bridgehead atoms. The molecule has 0 aliphatic carbocycles. The van der Waals surface area contributed by atoms with Gasteiger partial charge in [0.05, 0.1) is 27.9 Å². The number of nitrogens with one attached hydrogen (secondary N) is 2. The third-order valence-corrected chi connectivity index (χ3v) is 5.07. The lowest BCUT2D eigenvalue weighted by Gasteiger charge is -2.16. The maximum Gasteiger partial charge on any atom is 0.251 e. The van der Waals surface area contributed by atoms with E-state index in [0.717, 1.165) is 24.5 Å². The number of aromatic nitrogens is 1. The number of hydrogen-bond donors (Lipinski definition) is 2. The van der Waals surface area contributed by atoms with Crippen LogP contribution in [0.2, 0.25) is 0 Å². The van der Waals surface area contributed by atoms with E-state index in [0.29, 0.717) is 29.4 Å². The molecule has 9 nitrogen and oxygen atoms in total. The summed E-state index contributed by atoms with van der Waals surface area (Å²) in [6.07, 6.45) is 4.16. The average molecular weight is 428 g/mol. The Hall–Kier alpha value is -3.49. The summed E-state index contributed by atoms with van der Waals surface area (Å²) in [6, 6.07) is 6.98. The van der Waals surface area contributed by atoms with Crippen LogP contribution in [0.1, 0.15) is 28.8 Å². The number of hydrogen-bond acceptors (Lipinski definition) is 7. The van der Waals surface area contributed by atoms with Crippen molar-refractivity contribution in [2.24, 2.45) is 0 Å². The largest absolute Gasteiger partial charge is 0.493 e. The predicted molar refractivity (Wildman–Crippen MR) is 116 cm³/mol. The second-order valence-corrected chi connectivity index (χ2v) is 7.09. The molecule has 1 fully saturated rings. The van der Waals surface area contributed by atoms with Crippen LogP contribution in [0.3, 0.4) is 0 Å². The van der Waals surface area contributed by atoms with Crippen molar-refractivity contribution in [1.82, 2.24) is 15.6 Å². The van der Waals surface area contributed by atoms with Crippen molar-refractivity contribution in [2.75, 3.05) is 45.9 Å². The molecule has 9 heteroatoms. The fourth-order valence-corrected chi connectivity index (χ4v) is 3.39. The molecular weight excluding hydrogens is 400 g/mol. The van der Waals surface area contributed by atoms with Crippen molar-refractivity contribution in [3.8, 4) is 17.2 Å². The fraction of sp³-hybridized carbons (Fsp3) is 0.409. The summed E-state index contributed by atoms with van der Waals surface area (Å²) in [6.45, 7) is 2.25. The van der Waals surface area contributed by atoms with Gasteiger partial charge in [0.1, 0.15) is 5.82 Å². The Bertz CT molecular complexity index is 886. The molecule has 0 saturated carbocycles. The molecule has 1 saturated heterocycles. The van der Waals surface area contributed by atoms with Crippen LogP contribution in [0.4, 0.5) is 5.82 Å². The van der Waals surface area contributed by atoms with Gasteiger partial charge in [-0.2, -0.15) is 0 Å². The van der Waals surface area contributed by atoms with Gasteiger partial charge >= 0.3 is 0 Å². The van der Waals surface area contributed by atoms with Crippen LogP contribution in [-0.2, 0) is 11.3 Å². The Labute approximate surface area is 181 Å². The quantitative estimate of drug-likeness (QED) is 0.627. The van der Waals surface area contributed by atoms with Gasteiger partial charge in [0, 0.05) is 31.4 Å². The molecule has 31 heavy (non-hydrogen) atoms. The van der Waals surface area contributed by atoms with E-state index in [1.54, 1.807) is 6.20 Å². The molecule has 2 heterocycles. The maximum absolute atomic E-state index is 12.5. The smallest absolute Gasteiger partial charge is 0.251 e. The van der Waals surface area contributed by atoms with Crippen LogP contribution in [0, 0.1) is 0 Å². The van der Waals surface area contributed by atoms with E-state index in [9.17, 15) is 9.59 Å². The average Bonchev–Trinajstić information content (AvgIpc) is 3.35. The van der Waals surface area contributed by atoms with Gasteiger partial charge in [0.2, 0.25) is 11.7 Å². The van der Waals surface area contributed by atoms with E-state index in [4.69, 9.17) is 14.2 Å². The van der Waals surface area contributed by atoms with Crippen LogP contribution in [-0.4, -0.2) is 57.8 Å². The van der Waals surface area contributed by atoms with Crippen molar-refractivity contribution in [2.45, 2.75) is 19.4 Å². The lowest BCUT2D eigenvalue weighted by Crippen LogP contribution is -2.36. The number of benzene rings is 1. The number of nitrogens with zero attached hydrogens (tertiary/aromatic N) is 2. The number of ether oxygens (including phenoxy) is 3. The molecule has 0 unspecified atom stereocenters. The van der Waals surface area contributed by atoms with Gasteiger partial charge in [-0.1, -0.05) is 6.07 Å². The van der Waals surface area contributed by atoms with Crippen LogP contribution < -0.4 is 29.7 Å². The molecule has 2 aromatic rings. The molecule has 166 valence electrons. The second-order valence-electron chi connectivity index (χ2n) is 7.09. The van der Waals surface area contributed by atoms with E-state index < -0.39 is 5.91 Å². The van der Waals surface area contributed by atoms with Gasteiger partial charge in [-0.05, 0) is 36.6 Å². The van der Waals surface area contributed by atoms with Crippen LogP contribution in [0.25, 0.3) is 0 Å². The molecule has 2 amide bonds. The van der Waals surface area contributed by atoms with Crippen molar-refractivity contribution in [3.05, 3.63) is 41.6 Å². The van der Waals surface area contributed by atoms with Crippen molar-refractivity contribution in [1.29, 1.82) is 0 Å². The van der Waals surface area contributed by atoms with E-state index in [-0.39, 0.29) is 12.5 Å². The van der Waals surface area contributed by atoms with Gasteiger partial charge in [0.15, 0.2) is 11.5 Å². The number of carbonyl (C=O) groups excluding carboxylic acids is 2. The topological polar surface area (TPSA) is 102 Å². The van der Waals surface area contributed by atoms with Gasteiger partial charge in [-0.3, -0.25) is 9.59 Å². The zero-order valence-corrected chi connectivity index (χ0v) is 18.1. The molecule has 0 radical (unpaired) electrons. The van der Waals surface area contributed by atoms with E-state index in [2.05, 4.69) is 20.5 Å². The van der Waals surface area contributed by atoms with Crippen molar-refractivity contribution >= 4 is 17.6 Å². The molecule has 2 N–H and O–H groups in total. The van der Waals surface area contributed by atoms with Crippen LogP contribution in [0.15, 0.2) is 30.5 Å². The number of methoxy groups -OCH3 is 3. The number of anilines is 1. The Kier molecular flexibility index (Phi) is 7.53. The lowest BCUT2D eigenvalue weighted by molar-refractivity contribution is -0.120. The summed E-state index contributed by atoms with van der Waals surface area (Å²) >= 11 is 0. The molecular formula is C22H28N4O5. The fourth-order valence-electron chi connectivity index (χ4n) is 3.39. The van der Waals surface area contributed by atoms with Gasteiger partial charge in [0.25, 0.3) is 5.91 Å². The summed E-state index contributed by atoms with van der Waals surface area (Å²) < 4.78 is 15.7. The molecule has 1 aromatic carbocycles. The summed E-state index contributed by atoms with van der Waals surface area (Å²) in [5, 5.41) is 5.38. The van der Waals surface area contributed by atoms with E-state index >= 15 is 0 Å². The Morgan fingerprint density at radius 3 is 2.23 bits per heavy atom. The second kappa shape index (κ2) is 10.5. The summed E-state index contributed by atoms with van der Waals surface area (Å²) in [5.41, 5.74) is 1.19. The normalized spacial score (nSPS) is 12.9. The highest BCUT2D eigenvalue weighted by molar-refractivity contribution is 5.97. The highest BCUT2D eigenvalue weighted by atomic mass is 16.5. The van der Waals surface area contributed by atoms with E-state index in [1.165, 1.54) is 46.3 Å². The third-order valence-electron chi connectivity index (χ3n) is 5.07. The van der Waals surface area contributed by atoms with Crippen LogP contribution in [0.5, 0.6) is 17.2 Å². The maximum atomic E-state index is 12.5. The van der Waals surface area contributed by atoms with Gasteiger partial charge in [-0.15, -0.1) is 0 Å². The van der Waals surface area contributed by atoms with Crippen molar-refractivity contribution < 1.29 is 23.8 Å². The van der Waals surface area contributed by atoms with Crippen LogP contribution >= 0.6 is 0 Å². The number of amides is 2. The molecule has 0 atom stereocenters. The predicted octanol–water partition coefficient (Wildman–Crippen LogP) is 1.75. The van der Waals surface area contributed by atoms with E-state index in [1.807, 2.05) is 12.1 Å². The first-order valence-electron chi connectivity index (χ1n) is 10.1. The minimum absolute atomic E-state index is 0.158. The molecule has 1 aliphatic rings. The first-order valence-corrected chi connectivity index (χ1v) is 10.1. The molecule has 3 rings (SSSR count). The highest BCUT2D eigenvalue weighted by Gasteiger charge is 2.17. The molecule has 0 spiro atoms. The summed E-state index contributed by atoms with van der Waals surface area (Å²) in [4.78, 5) is 31.3. The standard InChI is InChI=1S/C22H28N4O5/c1-29-17-10-16(11-18(30-2)21(17)31-3)22(28)25-14-20(27)24-13-15-6-7-19(23-12-15)26-8-4-5-9-26/h6-7,10-12H,4-5,8-9,13-14H2,1-3H3,(H,24,27)(H,25,28). The minimum Gasteiger partial charge on any atom is -0.493 e. The minimum atomic E-state index is -0.425. The Balaban J connectivity index is 1.50. The van der Waals surface area contributed by atoms with Gasteiger partial charge < -0.3 is 29.7 Å². The Morgan fingerprint density at radius 2 is 1.68 bits per heavy atom. The van der Waals surface area contributed by atoms with Crippen molar-refractivity contribution in [3.63, 3.8) is 0 Å².